The lowest BCUT2D eigenvalue weighted by Gasteiger charge is -2.31. The van der Waals surface area contributed by atoms with Crippen LogP contribution >= 0.6 is 23.2 Å². The van der Waals surface area contributed by atoms with E-state index >= 15 is 0 Å². The van der Waals surface area contributed by atoms with Crippen molar-refractivity contribution in [3.8, 4) is 0 Å². The Hall–Kier alpha value is -1.50. The molecule has 144 valence electrons. The highest BCUT2D eigenvalue weighted by Crippen LogP contribution is 2.22. The lowest BCUT2D eigenvalue weighted by molar-refractivity contribution is -0.134. The summed E-state index contributed by atoms with van der Waals surface area (Å²) < 4.78 is 5.31. The lowest BCUT2D eigenvalue weighted by Crippen LogP contribution is -2.55. The van der Waals surface area contributed by atoms with Crippen LogP contribution in [0, 0.1) is 0 Å². The summed E-state index contributed by atoms with van der Waals surface area (Å²) in [6.45, 7) is 7.97. The van der Waals surface area contributed by atoms with Crippen molar-refractivity contribution in [1.82, 2.24) is 15.5 Å². The van der Waals surface area contributed by atoms with Gasteiger partial charge in [-0.1, -0.05) is 29.3 Å². The molecule has 8 heteroatoms. The molecule has 1 fully saturated rings. The summed E-state index contributed by atoms with van der Waals surface area (Å²) in [4.78, 5) is 26.9. The normalized spacial score (nSPS) is 16.1. The van der Waals surface area contributed by atoms with E-state index in [9.17, 15) is 9.59 Å². The Morgan fingerprint density at radius 2 is 1.92 bits per heavy atom. The maximum atomic E-state index is 12.9. The number of carbonyl (C=O) groups is 2. The second kappa shape index (κ2) is 8.93. The second-order valence-corrected chi connectivity index (χ2v) is 8.06. The SMILES string of the molecule is CC(C)(C)OC(=O)N[C@@H](Cc1ccc(Cl)cc1Cl)C(=O)N1CCNCC1. The first-order valence-corrected chi connectivity index (χ1v) is 9.34. The van der Waals surface area contributed by atoms with E-state index in [-0.39, 0.29) is 12.3 Å². The molecule has 0 aromatic heterocycles. The standard InChI is InChI=1S/C18H25Cl2N3O3/c1-18(2,3)26-17(25)22-15(16(24)23-8-6-21-7-9-23)10-12-4-5-13(19)11-14(12)20/h4-5,11,15,21H,6-10H2,1-3H3,(H,22,25)/t15-/m0/s1. The van der Waals surface area contributed by atoms with Crippen molar-refractivity contribution in [2.75, 3.05) is 26.2 Å². The predicted octanol–water partition coefficient (Wildman–Crippen LogP) is 2.86. The fourth-order valence-corrected chi connectivity index (χ4v) is 3.15. The summed E-state index contributed by atoms with van der Waals surface area (Å²) in [5, 5.41) is 6.88. The maximum absolute atomic E-state index is 12.9. The van der Waals surface area contributed by atoms with Crippen LogP contribution in [0.25, 0.3) is 0 Å². The van der Waals surface area contributed by atoms with Crippen molar-refractivity contribution in [2.45, 2.75) is 38.8 Å². The van der Waals surface area contributed by atoms with Gasteiger partial charge in [-0.3, -0.25) is 4.79 Å². The summed E-state index contributed by atoms with van der Waals surface area (Å²) in [5.41, 5.74) is 0.0885. The number of alkyl carbamates (subject to hydrolysis) is 1. The van der Waals surface area contributed by atoms with Crippen molar-refractivity contribution in [1.29, 1.82) is 0 Å². The van der Waals surface area contributed by atoms with Crippen LogP contribution in [0.3, 0.4) is 0 Å². The lowest BCUT2D eigenvalue weighted by atomic mass is 10.0. The molecule has 2 rings (SSSR count). The highest BCUT2D eigenvalue weighted by atomic mass is 35.5. The first-order valence-electron chi connectivity index (χ1n) is 8.58. The van der Waals surface area contributed by atoms with Crippen LogP contribution in [0.15, 0.2) is 18.2 Å². The van der Waals surface area contributed by atoms with Gasteiger partial charge in [0.05, 0.1) is 0 Å². The van der Waals surface area contributed by atoms with Crippen LogP contribution in [0.2, 0.25) is 10.0 Å². The number of hydrogen-bond donors (Lipinski definition) is 2. The Bertz CT molecular complexity index is 656. The molecule has 0 aliphatic carbocycles. The maximum Gasteiger partial charge on any atom is 0.408 e. The molecule has 1 aromatic rings. The molecule has 0 spiro atoms. The van der Waals surface area contributed by atoms with E-state index in [0.717, 1.165) is 18.7 Å². The van der Waals surface area contributed by atoms with Gasteiger partial charge in [0, 0.05) is 42.6 Å². The fraction of sp³-hybridized carbons (Fsp3) is 0.556. The third kappa shape index (κ3) is 6.34. The van der Waals surface area contributed by atoms with Gasteiger partial charge in [-0.2, -0.15) is 0 Å². The molecule has 1 aliphatic rings. The molecule has 1 aromatic carbocycles. The first-order chi connectivity index (χ1) is 12.2. The molecule has 1 saturated heterocycles. The van der Waals surface area contributed by atoms with Gasteiger partial charge < -0.3 is 20.3 Å². The number of hydrogen-bond acceptors (Lipinski definition) is 4. The smallest absolute Gasteiger partial charge is 0.408 e. The van der Waals surface area contributed by atoms with Gasteiger partial charge in [0.2, 0.25) is 5.91 Å². The predicted molar refractivity (Wildman–Crippen MR) is 103 cm³/mol. The van der Waals surface area contributed by atoms with Crippen molar-refractivity contribution in [2.24, 2.45) is 0 Å². The topological polar surface area (TPSA) is 70.7 Å². The van der Waals surface area contributed by atoms with Crippen LogP contribution in [-0.2, 0) is 16.0 Å². The van der Waals surface area contributed by atoms with E-state index in [1.54, 1.807) is 43.9 Å². The Labute approximate surface area is 164 Å². The second-order valence-electron chi connectivity index (χ2n) is 7.21. The average Bonchev–Trinajstić information content (AvgIpc) is 2.55. The third-order valence-corrected chi connectivity index (χ3v) is 4.44. The summed E-state index contributed by atoms with van der Waals surface area (Å²) in [7, 11) is 0. The molecule has 1 atom stereocenters. The first kappa shape index (κ1) is 20.8. The Kier molecular flexibility index (Phi) is 7.15. The fourth-order valence-electron chi connectivity index (χ4n) is 2.66. The Morgan fingerprint density at radius 3 is 2.50 bits per heavy atom. The minimum atomic E-state index is -0.762. The molecule has 1 aliphatic heterocycles. The van der Waals surface area contributed by atoms with Gasteiger partial charge in [0.15, 0.2) is 0 Å². The number of nitrogens with one attached hydrogen (secondary N) is 2. The highest BCUT2D eigenvalue weighted by Gasteiger charge is 2.29. The van der Waals surface area contributed by atoms with E-state index in [1.807, 2.05) is 0 Å². The van der Waals surface area contributed by atoms with Crippen molar-refractivity contribution in [3.63, 3.8) is 0 Å². The van der Waals surface area contributed by atoms with Crippen molar-refractivity contribution in [3.05, 3.63) is 33.8 Å². The van der Waals surface area contributed by atoms with E-state index in [1.165, 1.54) is 0 Å². The minimum Gasteiger partial charge on any atom is -0.444 e. The van der Waals surface area contributed by atoms with Crippen LogP contribution in [0.5, 0.6) is 0 Å². The van der Waals surface area contributed by atoms with E-state index < -0.39 is 17.7 Å². The monoisotopic (exact) mass is 401 g/mol. The van der Waals surface area contributed by atoms with Gasteiger partial charge in [-0.15, -0.1) is 0 Å². The van der Waals surface area contributed by atoms with Gasteiger partial charge >= 0.3 is 6.09 Å². The number of halogens is 2. The van der Waals surface area contributed by atoms with Crippen LogP contribution < -0.4 is 10.6 Å². The van der Waals surface area contributed by atoms with Crippen LogP contribution in [0.1, 0.15) is 26.3 Å². The van der Waals surface area contributed by atoms with Gasteiger partial charge in [0.1, 0.15) is 11.6 Å². The van der Waals surface area contributed by atoms with E-state index in [4.69, 9.17) is 27.9 Å². The van der Waals surface area contributed by atoms with Crippen LogP contribution in [-0.4, -0.2) is 54.7 Å². The summed E-state index contributed by atoms with van der Waals surface area (Å²) >= 11 is 12.2. The number of nitrogens with zero attached hydrogens (tertiary/aromatic N) is 1. The number of rotatable bonds is 4. The van der Waals surface area contributed by atoms with Gasteiger partial charge in [-0.05, 0) is 38.5 Å². The minimum absolute atomic E-state index is 0.150. The van der Waals surface area contributed by atoms with E-state index in [2.05, 4.69) is 10.6 Å². The molecule has 1 heterocycles. The number of ether oxygens (including phenoxy) is 1. The van der Waals surface area contributed by atoms with Crippen LogP contribution in [0.4, 0.5) is 4.79 Å². The Morgan fingerprint density at radius 1 is 1.27 bits per heavy atom. The molecule has 2 amide bonds. The molecule has 2 N–H and O–H groups in total. The summed E-state index contributed by atoms with van der Waals surface area (Å²) in [6, 6.07) is 4.34. The third-order valence-electron chi connectivity index (χ3n) is 3.86. The summed E-state index contributed by atoms with van der Waals surface area (Å²) in [6.07, 6.45) is -0.367. The van der Waals surface area contributed by atoms with Gasteiger partial charge in [-0.25, -0.2) is 4.79 Å². The molecule has 6 nitrogen and oxygen atoms in total. The molecule has 0 saturated carbocycles. The average molecular weight is 402 g/mol. The number of benzene rings is 1. The molecule has 0 radical (unpaired) electrons. The zero-order valence-corrected chi connectivity index (χ0v) is 16.8. The van der Waals surface area contributed by atoms with Crippen molar-refractivity contribution < 1.29 is 14.3 Å². The molecule has 0 unspecified atom stereocenters. The molecule has 0 bridgehead atoms. The zero-order chi connectivity index (χ0) is 19.3. The molecule has 26 heavy (non-hydrogen) atoms. The molecular weight excluding hydrogens is 377 g/mol. The largest absolute Gasteiger partial charge is 0.444 e. The Balaban J connectivity index is 2.16. The van der Waals surface area contributed by atoms with Gasteiger partial charge in [0.25, 0.3) is 0 Å². The number of carbonyl (C=O) groups excluding carboxylic acids is 2. The number of piperazine rings is 1. The zero-order valence-electron chi connectivity index (χ0n) is 15.3. The van der Waals surface area contributed by atoms with E-state index in [0.29, 0.717) is 23.1 Å². The number of amides is 2. The molecular formula is C18H25Cl2N3O3. The summed E-state index contributed by atoms with van der Waals surface area (Å²) in [5.74, 6) is -0.150. The quantitative estimate of drug-likeness (QED) is 0.813. The highest BCUT2D eigenvalue weighted by molar-refractivity contribution is 6.35. The van der Waals surface area contributed by atoms with Crippen molar-refractivity contribution >= 4 is 35.2 Å².